The van der Waals surface area contributed by atoms with Crippen LogP contribution >= 0.6 is 0 Å². The molecule has 0 bridgehead atoms. The summed E-state index contributed by atoms with van der Waals surface area (Å²) < 4.78 is 1.20. The average molecular weight is 265 g/mol. The van der Waals surface area contributed by atoms with E-state index in [1.165, 1.54) is 23.3 Å². The molecule has 2 rings (SSSR count). The van der Waals surface area contributed by atoms with Crippen molar-refractivity contribution in [2.75, 3.05) is 0 Å². The van der Waals surface area contributed by atoms with Gasteiger partial charge in [-0.25, -0.2) is 4.79 Å². The molecule has 19 heavy (non-hydrogen) atoms. The Morgan fingerprint density at radius 3 is 2.95 bits per heavy atom. The van der Waals surface area contributed by atoms with Crippen molar-refractivity contribution in [3.63, 3.8) is 0 Å². The highest BCUT2D eigenvalue weighted by atomic mass is 16.2. The average Bonchev–Trinajstić information content (AvgIpc) is 2.33. The summed E-state index contributed by atoms with van der Waals surface area (Å²) in [6, 6.07) is 1.44. The van der Waals surface area contributed by atoms with Crippen LogP contribution in [-0.4, -0.2) is 21.5 Å². The van der Waals surface area contributed by atoms with Crippen molar-refractivity contribution in [1.82, 2.24) is 14.9 Å². The van der Waals surface area contributed by atoms with Crippen LogP contribution in [0.1, 0.15) is 32.6 Å². The summed E-state index contributed by atoms with van der Waals surface area (Å²) in [5, 5.41) is 2.95. The summed E-state index contributed by atoms with van der Waals surface area (Å²) in [5.41, 5.74) is -1.01. The molecule has 104 valence electrons. The molecule has 6 heteroatoms. The van der Waals surface area contributed by atoms with Crippen molar-refractivity contribution in [3.05, 3.63) is 33.1 Å². The van der Waals surface area contributed by atoms with Gasteiger partial charge in [-0.1, -0.05) is 19.8 Å². The molecule has 0 radical (unpaired) electrons. The Morgan fingerprint density at radius 2 is 2.26 bits per heavy atom. The zero-order chi connectivity index (χ0) is 13.8. The van der Waals surface area contributed by atoms with E-state index in [0.29, 0.717) is 5.92 Å². The lowest BCUT2D eigenvalue weighted by molar-refractivity contribution is -0.122. The summed E-state index contributed by atoms with van der Waals surface area (Å²) in [6.07, 6.45) is 5.67. The quantitative estimate of drug-likeness (QED) is 0.820. The van der Waals surface area contributed by atoms with E-state index in [1.807, 2.05) is 0 Å². The minimum Gasteiger partial charge on any atom is -0.352 e. The van der Waals surface area contributed by atoms with Gasteiger partial charge in [0.05, 0.1) is 0 Å². The van der Waals surface area contributed by atoms with Gasteiger partial charge >= 0.3 is 5.69 Å². The maximum absolute atomic E-state index is 11.9. The number of amides is 1. The summed E-state index contributed by atoms with van der Waals surface area (Å²) in [6.45, 7) is 2.13. The van der Waals surface area contributed by atoms with Gasteiger partial charge in [0.25, 0.3) is 5.56 Å². The Bertz CT molecular complexity index is 561. The summed E-state index contributed by atoms with van der Waals surface area (Å²) in [5.74, 6) is 0.447. The topological polar surface area (TPSA) is 84.0 Å². The minimum absolute atomic E-state index is 0.0551. The third kappa shape index (κ3) is 3.81. The molecule has 1 aromatic rings. The Morgan fingerprint density at radius 1 is 1.47 bits per heavy atom. The molecule has 1 aromatic heterocycles. The Hall–Kier alpha value is -1.85. The summed E-state index contributed by atoms with van der Waals surface area (Å²) in [7, 11) is 0. The van der Waals surface area contributed by atoms with E-state index in [-0.39, 0.29) is 18.5 Å². The third-order valence-electron chi connectivity index (χ3n) is 3.51. The van der Waals surface area contributed by atoms with E-state index >= 15 is 0 Å². The number of aromatic amines is 1. The largest absolute Gasteiger partial charge is 0.352 e. The van der Waals surface area contributed by atoms with E-state index < -0.39 is 11.2 Å². The molecule has 1 fully saturated rings. The number of carbonyl (C=O) groups excluding carboxylic acids is 1. The number of nitrogens with one attached hydrogen (secondary N) is 2. The van der Waals surface area contributed by atoms with Crippen molar-refractivity contribution in [2.45, 2.75) is 45.2 Å². The van der Waals surface area contributed by atoms with E-state index in [2.05, 4.69) is 17.2 Å². The molecule has 0 aromatic carbocycles. The Balaban J connectivity index is 1.94. The lowest BCUT2D eigenvalue weighted by Gasteiger charge is -2.27. The van der Waals surface area contributed by atoms with Crippen LogP contribution in [0.25, 0.3) is 0 Å². The van der Waals surface area contributed by atoms with Gasteiger partial charge in [0.2, 0.25) is 5.91 Å². The standard InChI is InChI=1S/C13H19N3O3/c1-9-3-2-4-10(7-9)14-12(18)8-16-6-5-11(17)15-13(16)19/h5-6,9-10H,2-4,7-8H2,1H3,(H,14,18)(H,15,17,19). The molecule has 6 nitrogen and oxygen atoms in total. The zero-order valence-corrected chi connectivity index (χ0v) is 11.0. The smallest absolute Gasteiger partial charge is 0.328 e. The second-order valence-electron chi connectivity index (χ2n) is 5.27. The minimum atomic E-state index is -0.556. The Kier molecular flexibility index (Phi) is 4.19. The number of nitrogens with zero attached hydrogens (tertiary/aromatic N) is 1. The van der Waals surface area contributed by atoms with Gasteiger partial charge < -0.3 is 5.32 Å². The van der Waals surface area contributed by atoms with E-state index in [4.69, 9.17) is 0 Å². The third-order valence-corrected chi connectivity index (χ3v) is 3.51. The van der Waals surface area contributed by atoms with Gasteiger partial charge in [-0.05, 0) is 18.8 Å². The first-order valence-electron chi connectivity index (χ1n) is 6.63. The van der Waals surface area contributed by atoms with Gasteiger partial charge in [0.1, 0.15) is 6.54 Å². The fraction of sp³-hybridized carbons (Fsp3) is 0.615. The molecule has 1 heterocycles. The van der Waals surface area contributed by atoms with Crippen molar-refractivity contribution < 1.29 is 4.79 Å². The highest BCUT2D eigenvalue weighted by Crippen LogP contribution is 2.23. The number of rotatable bonds is 3. The molecule has 1 aliphatic rings. The number of aromatic nitrogens is 2. The van der Waals surface area contributed by atoms with Gasteiger partial charge in [0.15, 0.2) is 0 Å². The van der Waals surface area contributed by atoms with Crippen molar-refractivity contribution in [1.29, 1.82) is 0 Å². The van der Waals surface area contributed by atoms with Crippen LogP contribution in [-0.2, 0) is 11.3 Å². The summed E-state index contributed by atoms with van der Waals surface area (Å²) in [4.78, 5) is 36.3. The van der Waals surface area contributed by atoms with Gasteiger partial charge in [0, 0.05) is 18.3 Å². The molecule has 2 unspecified atom stereocenters. The highest BCUT2D eigenvalue weighted by Gasteiger charge is 2.20. The van der Waals surface area contributed by atoms with Crippen LogP contribution in [0.2, 0.25) is 0 Å². The molecule has 0 spiro atoms. The molecule has 0 aliphatic heterocycles. The molecule has 0 saturated heterocycles. The van der Waals surface area contributed by atoms with E-state index in [9.17, 15) is 14.4 Å². The van der Waals surface area contributed by atoms with Crippen LogP contribution in [0.3, 0.4) is 0 Å². The first-order chi connectivity index (χ1) is 9.04. The number of H-pyrrole nitrogens is 1. The Labute approximate surface area is 110 Å². The van der Waals surface area contributed by atoms with Gasteiger partial charge in [-0.15, -0.1) is 0 Å². The molecular weight excluding hydrogens is 246 g/mol. The number of hydrogen-bond donors (Lipinski definition) is 2. The zero-order valence-electron chi connectivity index (χ0n) is 11.0. The molecule has 1 saturated carbocycles. The molecular formula is C13H19N3O3. The monoisotopic (exact) mass is 265 g/mol. The lowest BCUT2D eigenvalue weighted by Crippen LogP contribution is -2.41. The maximum atomic E-state index is 11.9. The van der Waals surface area contributed by atoms with Gasteiger partial charge in [-0.3, -0.25) is 19.1 Å². The van der Waals surface area contributed by atoms with Crippen LogP contribution < -0.4 is 16.6 Å². The molecule has 2 N–H and O–H groups in total. The van der Waals surface area contributed by atoms with Crippen LogP contribution in [0, 0.1) is 5.92 Å². The first kappa shape index (κ1) is 13.6. The number of hydrogen-bond acceptors (Lipinski definition) is 3. The maximum Gasteiger partial charge on any atom is 0.328 e. The molecule has 2 atom stereocenters. The second kappa shape index (κ2) is 5.86. The lowest BCUT2D eigenvalue weighted by atomic mass is 9.87. The van der Waals surface area contributed by atoms with Crippen LogP contribution in [0.15, 0.2) is 21.9 Å². The van der Waals surface area contributed by atoms with Crippen LogP contribution in [0.5, 0.6) is 0 Å². The predicted octanol–water partition coefficient (Wildman–Crippen LogP) is 0.231. The van der Waals surface area contributed by atoms with Crippen molar-refractivity contribution in [3.8, 4) is 0 Å². The van der Waals surface area contributed by atoms with Crippen LogP contribution in [0.4, 0.5) is 0 Å². The van der Waals surface area contributed by atoms with E-state index in [0.717, 1.165) is 19.3 Å². The summed E-state index contributed by atoms with van der Waals surface area (Å²) >= 11 is 0. The first-order valence-corrected chi connectivity index (χ1v) is 6.63. The van der Waals surface area contributed by atoms with E-state index in [1.54, 1.807) is 0 Å². The fourth-order valence-electron chi connectivity index (χ4n) is 2.56. The molecule has 1 amide bonds. The highest BCUT2D eigenvalue weighted by molar-refractivity contribution is 5.76. The van der Waals surface area contributed by atoms with Crippen molar-refractivity contribution in [2.24, 2.45) is 5.92 Å². The predicted molar refractivity (Wildman–Crippen MR) is 70.9 cm³/mol. The SMILES string of the molecule is CC1CCCC(NC(=O)Cn2ccc(=O)[nH]c2=O)C1. The second-order valence-corrected chi connectivity index (χ2v) is 5.27. The van der Waals surface area contributed by atoms with Gasteiger partial charge in [-0.2, -0.15) is 0 Å². The fourth-order valence-corrected chi connectivity index (χ4v) is 2.56. The molecule has 1 aliphatic carbocycles. The van der Waals surface area contributed by atoms with Crippen molar-refractivity contribution >= 4 is 5.91 Å². The normalized spacial score (nSPS) is 23.0. The number of carbonyl (C=O) groups is 1.